The highest BCUT2D eigenvalue weighted by Gasteiger charge is 2.44. The van der Waals surface area contributed by atoms with Gasteiger partial charge in [-0.1, -0.05) is 129 Å². The smallest absolute Gasteiger partial charge is 0.0902 e. The topological polar surface area (TPSA) is 25.8 Å². The normalized spacial score (nSPS) is 15.3. The third-order valence-corrected chi connectivity index (χ3v) is 15.6. The van der Waals surface area contributed by atoms with E-state index >= 15 is 0 Å². The van der Waals surface area contributed by atoms with Crippen LogP contribution in [-0.4, -0.2) is 34.5 Å². The molecule has 214 valence electrons. The number of rotatable bonds is 6. The van der Waals surface area contributed by atoms with Crippen molar-refractivity contribution in [2.24, 2.45) is 0 Å². The van der Waals surface area contributed by atoms with E-state index < -0.39 is 13.2 Å². The lowest BCUT2D eigenvalue weighted by molar-refractivity contribution is 0.705. The Morgan fingerprint density at radius 1 is 0.707 bits per heavy atom. The molecule has 0 N–H and O–H groups in total. The maximum absolute atomic E-state index is 5.35. The molecule has 4 aromatic rings. The second-order valence-electron chi connectivity index (χ2n) is 14.6. The van der Waals surface area contributed by atoms with Crippen molar-refractivity contribution in [2.75, 3.05) is 6.16 Å². The third-order valence-electron chi connectivity index (χ3n) is 8.50. The summed E-state index contributed by atoms with van der Waals surface area (Å²) in [6, 6.07) is 25.8. The number of hydrogen-bond acceptors (Lipinski definition) is 2. The molecule has 0 saturated heterocycles. The minimum atomic E-state index is -1.54. The predicted molar refractivity (Wildman–Crippen MR) is 188 cm³/mol. The van der Waals surface area contributed by atoms with Crippen molar-refractivity contribution < 1.29 is 0 Å². The van der Waals surface area contributed by atoms with Crippen LogP contribution in [0.2, 0.25) is 19.6 Å². The molecule has 0 radical (unpaired) electrons. The van der Waals surface area contributed by atoms with E-state index in [4.69, 9.17) is 9.97 Å². The van der Waals surface area contributed by atoms with Gasteiger partial charge in [-0.25, -0.2) is 0 Å². The molecule has 1 unspecified atom stereocenters. The molecule has 5 heteroatoms. The third kappa shape index (κ3) is 6.01. The molecule has 0 fully saturated rings. The van der Waals surface area contributed by atoms with Gasteiger partial charge in [0, 0.05) is 10.8 Å². The van der Waals surface area contributed by atoms with Gasteiger partial charge in [0.1, 0.15) is 0 Å². The van der Waals surface area contributed by atoms with Crippen molar-refractivity contribution in [3.63, 3.8) is 0 Å². The van der Waals surface area contributed by atoms with Gasteiger partial charge in [-0.05, 0) is 58.3 Å². The summed E-state index contributed by atoms with van der Waals surface area (Å²) < 4.78 is 0. The van der Waals surface area contributed by atoms with Crippen LogP contribution >= 0.6 is 17.2 Å². The molecule has 0 aliphatic heterocycles. The second kappa shape index (κ2) is 10.8. The van der Waals surface area contributed by atoms with Crippen molar-refractivity contribution in [3.05, 3.63) is 107 Å². The molecule has 1 atom stereocenters. The summed E-state index contributed by atoms with van der Waals surface area (Å²) in [5.74, 6) is 0. The molecule has 2 heterocycles. The first-order valence-corrected chi connectivity index (χ1v) is 20.4. The Kier molecular flexibility index (Phi) is 7.99. The zero-order valence-electron chi connectivity index (χ0n) is 26.3. The van der Waals surface area contributed by atoms with E-state index in [-0.39, 0.29) is 18.2 Å². The minimum absolute atomic E-state index is 0.243. The Labute approximate surface area is 252 Å². The van der Waals surface area contributed by atoms with Crippen LogP contribution < -0.4 is 0 Å². The first-order valence-electron chi connectivity index (χ1n) is 14.8. The number of nitrogens with zero attached hydrogens (tertiary/aromatic N) is 2. The summed E-state index contributed by atoms with van der Waals surface area (Å²) in [5.41, 5.74) is 7.14. The SMILES string of the molecule is CC(C)(C)P(CC1=C(C(P)(c2ccc3ccccc3n2)c2ccc3ccccc3n2)CC([Si](C)(C)C)=C1)C(C)(C)C. The summed E-state index contributed by atoms with van der Waals surface area (Å²) in [4.78, 5) is 10.7. The van der Waals surface area contributed by atoms with Crippen LogP contribution in [0, 0.1) is 0 Å². The highest BCUT2D eigenvalue weighted by molar-refractivity contribution is 7.61. The summed E-state index contributed by atoms with van der Waals surface area (Å²) >= 11 is 0. The number of fused-ring (bicyclic) bond motifs is 2. The van der Waals surface area contributed by atoms with Gasteiger partial charge in [0.05, 0.1) is 35.7 Å². The molecule has 0 saturated carbocycles. The van der Waals surface area contributed by atoms with E-state index in [1.807, 2.05) is 0 Å². The van der Waals surface area contributed by atoms with Crippen molar-refractivity contribution in [2.45, 2.75) is 83.1 Å². The maximum atomic E-state index is 5.35. The molecule has 0 spiro atoms. The molecule has 0 bridgehead atoms. The first kappa shape index (κ1) is 30.3. The predicted octanol–water partition coefficient (Wildman–Crippen LogP) is 10.5. The van der Waals surface area contributed by atoms with E-state index in [1.165, 1.54) is 21.9 Å². The molecular formula is C36H46N2P2Si. The Hall–Kier alpha value is -2.18. The lowest BCUT2D eigenvalue weighted by Crippen LogP contribution is -2.30. The van der Waals surface area contributed by atoms with Gasteiger partial charge in [0.25, 0.3) is 0 Å². The van der Waals surface area contributed by atoms with Gasteiger partial charge in [-0.2, -0.15) is 0 Å². The minimum Gasteiger partial charge on any atom is -0.251 e. The Bertz CT molecular complexity index is 1570. The number of pyridine rings is 2. The zero-order valence-corrected chi connectivity index (χ0v) is 29.4. The number of aromatic nitrogens is 2. The van der Waals surface area contributed by atoms with Gasteiger partial charge in [-0.3, -0.25) is 9.97 Å². The summed E-state index contributed by atoms with van der Waals surface area (Å²) in [7, 11) is 1.45. The van der Waals surface area contributed by atoms with Crippen LogP contribution in [-0.2, 0) is 5.16 Å². The van der Waals surface area contributed by atoms with Gasteiger partial charge in [0.2, 0.25) is 0 Å². The van der Waals surface area contributed by atoms with Crippen LogP contribution in [0.4, 0.5) is 0 Å². The molecule has 2 aromatic carbocycles. The Balaban J connectivity index is 1.79. The number of hydrogen-bond donors (Lipinski definition) is 0. The molecule has 41 heavy (non-hydrogen) atoms. The maximum Gasteiger partial charge on any atom is 0.0902 e. The van der Waals surface area contributed by atoms with Crippen LogP contribution in [0.1, 0.15) is 59.4 Å². The Morgan fingerprint density at radius 2 is 1.17 bits per heavy atom. The lowest BCUT2D eigenvalue weighted by Gasteiger charge is -2.42. The van der Waals surface area contributed by atoms with Crippen molar-refractivity contribution in [1.82, 2.24) is 9.97 Å². The molecule has 0 amide bonds. The molecule has 1 aliphatic rings. The van der Waals surface area contributed by atoms with Crippen LogP contribution in [0.3, 0.4) is 0 Å². The average molecular weight is 597 g/mol. The average Bonchev–Trinajstić information content (AvgIpc) is 3.35. The van der Waals surface area contributed by atoms with Crippen LogP contribution in [0.15, 0.2) is 95.2 Å². The second-order valence-corrected chi connectivity index (χ2v) is 24.5. The van der Waals surface area contributed by atoms with Gasteiger partial charge < -0.3 is 0 Å². The zero-order chi connectivity index (χ0) is 29.8. The molecule has 2 nitrogen and oxygen atoms in total. The summed E-state index contributed by atoms with van der Waals surface area (Å²) in [6.07, 6.45) is 4.72. The van der Waals surface area contributed by atoms with Crippen molar-refractivity contribution in [1.29, 1.82) is 0 Å². The van der Waals surface area contributed by atoms with Crippen molar-refractivity contribution >= 4 is 47.0 Å². The lowest BCUT2D eigenvalue weighted by atomic mass is 9.86. The first-order chi connectivity index (χ1) is 19.1. The van der Waals surface area contributed by atoms with Gasteiger partial charge >= 0.3 is 0 Å². The highest BCUT2D eigenvalue weighted by atomic mass is 31.1. The molecular weight excluding hydrogens is 550 g/mol. The van der Waals surface area contributed by atoms with Crippen LogP contribution in [0.25, 0.3) is 21.8 Å². The number of benzene rings is 2. The van der Waals surface area contributed by atoms with Crippen molar-refractivity contribution in [3.8, 4) is 0 Å². The van der Waals surface area contributed by atoms with E-state index in [0.717, 1.165) is 35.0 Å². The fourth-order valence-corrected chi connectivity index (χ4v) is 11.8. The summed E-state index contributed by atoms with van der Waals surface area (Å²) in [6.45, 7) is 22.1. The fourth-order valence-electron chi connectivity index (χ4n) is 6.33. The molecule has 2 aromatic heterocycles. The van der Waals surface area contributed by atoms with E-state index in [2.05, 4.69) is 149 Å². The Morgan fingerprint density at radius 3 is 1.61 bits per heavy atom. The largest absolute Gasteiger partial charge is 0.251 e. The molecule has 1 aliphatic carbocycles. The van der Waals surface area contributed by atoms with Gasteiger partial charge in [-0.15, -0.1) is 9.24 Å². The van der Waals surface area contributed by atoms with E-state index in [0.29, 0.717) is 0 Å². The molecule has 5 rings (SSSR count). The highest BCUT2D eigenvalue weighted by Crippen LogP contribution is 2.62. The summed E-state index contributed by atoms with van der Waals surface area (Å²) in [5, 5.41) is 3.92. The van der Waals surface area contributed by atoms with E-state index in [1.54, 1.807) is 5.20 Å². The quantitative estimate of drug-likeness (QED) is 0.163. The monoisotopic (exact) mass is 596 g/mol. The number of allylic oxidation sites excluding steroid dienone is 4. The standard InChI is InChI=1S/C36H46N2P2Si/c1-34(2,3)40(35(4,5)6)24-27-22-28(41(7,8)9)23-29(27)36(39,32-20-18-25-14-10-12-16-30(25)37-32)33-21-19-26-15-11-13-17-31(26)38-33/h10-22H,23-24,39H2,1-9H3. The van der Waals surface area contributed by atoms with E-state index in [9.17, 15) is 0 Å². The fraction of sp³-hybridized carbons (Fsp3) is 0.389. The van der Waals surface area contributed by atoms with Crippen LogP contribution in [0.5, 0.6) is 0 Å². The van der Waals surface area contributed by atoms with Gasteiger partial charge in [0.15, 0.2) is 0 Å². The number of para-hydroxylation sites is 2.